The molecule has 0 spiro atoms. The Morgan fingerprint density at radius 1 is 0.980 bits per heavy atom. The molecule has 0 fully saturated rings. The molecule has 3 N–H and O–H groups in total. The van der Waals surface area contributed by atoms with Gasteiger partial charge in [0.2, 0.25) is 0 Å². The zero-order valence-corrected chi connectivity index (χ0v) is 30.0. The number of nitriles is 1. The third-order valence-electron chi connectivity index (χ3n) is 7.02. The molecule has 0 saturated carbocycles. The van der Waals surface area contributed by atoms with E-state index in [-0.39, 0.29) is 43.1 Å². The quantitative estimate of drug-likeness (QED) is 0.184. The molecule has 49 heavy (non-hydrogen) atoms. The van der Waals surface area contributed by atoms with E-state index >= 15 is 0 Å². The molecule has 0 aliphatic heterocycles. The van der Waals surface area contributed by atoms with Gasteiger partial charge in [-0.05, 0) is 93.8 Å². The minimum Gasteiger partial charge on any atom is -0.483 e. The second-order valence-electron chi connectivity index (χ2n) is 12.1. The molecule has 2 unspecified atom stereocenters. The minimum absolute atomic E-state index is 0.0381. The smallest absolute Gasteiger partial charge is 0.408 e. The average molecular weight is 732 g/mol. The molecule has 3 amide bonds. The number of hydrogen-bond acceptors (Lipinski definition) is 9. The van der Waals surface area contributed by atoms with Crippen LogP contribution < -0.4 is 20.1 Å². The summed E-state index contributed by atoms with van der Waals surface area (Å²) in [6, 6.07) is 13.0. The molecular formula is C34H36Cl2N4O8S. The molecular weight excluding hydrogens is 695 g/mol. The Morgan fingerprint density at radius 2 is 1.67 bits per heavy atom. The van der Waals surface area contributed by atoms with Crippen molar-refractivity contribution in [3.63, 3.8) is 0 Å². The molecule has 15 heteroatoms. The number of aryl methyl sites for hydroxylation is 1. The van der Waals surface area contributed by atoms with Gasteiger partial charge in [-0.25, -0.2) is 17.9 Å². The number of carbonyl (C=O) groups is 4. The summed E-state index contributed by atoms with van der Waals surface area (Å²) in [4.78, 5) is 51.2. The molecule has 0 saturated heterocycles. The SMILES string of the molecule is CCC(C)C(NC(=O)OC(C)(C)C)C(=O)NS(=O)(=O)c1ccc(NC(=O)COc2ccc(Cl)cc2C(=O)c2cc(Cl)cc(C#N)c2)c(C)c1. The largest absolute Gasteiger partial charge is 0.483 e. The fourth-order valence-electron chi connectivity index (χ4n) is 4.41. The molecule has 12 nitrogen and oxygen atoms in total. The number of benzene rings is 3. The van der Waals surface area contributed by atoms with Gasteiger partial charge < -0.3 is 20.1 Å². The van der Waals surface area contributed by atoms with Crippen molar-refractivity contribution in [3.05, 3.63) is 86.9 Å². The van der Waals surface area contributed by atoms with Gasteiger partial charge in [-0.3, -0.25) is 14.4 Å². The summed E-state index contributed by atoms with van der Waals surface area (Å²) < 4.78 is 39.2. The number of nitrogens with zero attached hydrogens (tertiary/aromatic N) is 1. The van der Waals surface area contributed by atoms with E-state index in [4.69, 9.17) is 32.7 Å². The Labute approximate surface area is 295 Å². The summed E-state index contributed by atoms with van der Waals surface area (Å²) in [5, 5.41) is 14.7. The standard InChI is InChI=1S/C34H36Cl2N4O8S/c1-7-19(2)30(39-33(44)48-34(4,5)6)32(43)40-49(45,46)25-9-10-27(20(3)12-25)38-29(41)18-47-28-11-8-23(35)16-26(28)31(42)22-13-21(17-37)14-24(36)15-22/h8-16,19,30H,7,18H2,1-6H3,(H,38,41)(H,39,44)(H,40,43). The van der Waals surface area contributed by atoms with Crippen LogP contribution >= 0.6 is 23.2 Å². The second-order valence-corrected chi connectivity index (χ2v) is 14.7. The third-order valence-corrected chi connectivity index (χ3v) is 8.82. The lowest BCUT2D eigenvalue weighted by Crippen LogP contribution is -2.52. The van der Waals surface area contributed by atoms with Gasteiger partial charge in [0.05, 0.1) is 22.1 Å². The van der Waals surface area contributed by atoms with Crippen LogP contribution in [0.1, 0.15) is 68.1 Å². The number of halogens is 2. The van der Waals surface area contributed by atoms with Crippen molar-refractivity contribution in [2.45, 2.75) is 64.5 Å². The van der Waals surface area contributed by atoms with E-state index in [0.29, 0.717) is 12.0 Å². The normalized spacial score (nSPS) is 12.6. The van der Waals surface area contributed by atoms with Crippen LogP contribution in [-0.4, -0.2) is 50.4 Å². The molecule has 260 valence electrons. The first kappa shape index (κ1) is 38.8. The molecule has 2 atom stereocenters. The van der Waals surface area contributed by atoms with Crippen LogP contribution in [0.2, 0.25) is 10.0 Å². The lowest BCUT2D eigenvalue weighted by Gasteiger charge is -2.26. The molecule has 0 bridgehead atoms. The van der Waals surface area contributed by atoms with Gasteiger partial charge in [0.1, 0.15) is 17.4 Å². The number of sulfonamides is 1. The number of anilines is 1. The fourth-order valence-corrected chi connectivity index (χ4v) is 5.91. The van der Waals surface area contributed by atoms with Crippen molar-refractivity contribution in [2.24, 2.45) is 5.92 Å². The van der Waals surface area contributed by atoms with Crippen molar-refractivity contribution in [1.82, 2.24) is 10.0 Å². The van der Waals surface area contributed by atoms with E-state index in [1.165, 1.54) is 54.6 Å². The molecule has 0 aliphatic carbocycles. The number of ketones is 1. The summed E-state index contributed by atoms with van der Waals surface area (Å²) in [7, 11) is -4.38. The van der Waals surface area contributed by atoms with E-state index in [1.54, 1.807) is 41.5 Å². The first-order valence-corrected chi connectivity index (χ1v) is 17.2. The van der Waals surface area contributed by atoms with Crippen LogP contribution in [0, 0.1) is 24.2 Å². The predicted molar refractivity (Wildman–Crippen MR) is 184 cm³/mol. The van der Waals surface area contributed by atoms with E-state index in [9.17, 15) is 32.9 Å². The maximum Gasteiger partial charge on any atom is 0.408 e. The highest BCUT2D eigenvalue weighted by molar-refractivity contribution is 7.90. The highest BCUT2D eigenvalue weighted by Gasteiger charge is 2.31. The van der Waals surface area contributed by atoms with E-state index in [0.717, 1.165) is 0 Å². The van der Waals surface area contributed by atoms with Gasteiger partial charge in [0.25, 0.3) is 21.8 Å². The first-order valence-electron chi connectivity index (χ1n) is 15.0. The number of carbonyl (C=O) groups excluding carboxylic acids is 4. The van der Waals surface area contributed by atoms with Gasteiger partial charge in [-0.2, -0.15) is 5.26 Å². The summed E-state index contributed by atoms with van der Waals surface area (Å²) >= 11 is 12.2. The number of hydrogen-bond donors (Lipinski definition) is 3. The first-order chi connectivity index (χ1) is 22.8. The van der Waals surface area contributed by atoms with Gasteiger partial charge >= 0.3 is 6.09 Å². The lowest BCUT2D eigenvalue weighted by atomic mass is 9.99. The average Bonchev–Trinajstić information content (AvgIpc) is 3.01. The van der Waals surface area contributed by atoms with Gasteiger partial charge in [-0.15, -0.1) is 0 Å². The Morgan fingerprint density at radius 3 is 2.29 bits per heavy atom. The predicted octanol–water partition coefficient (Wildman–Crippen LogP) is 6.17. The lowest BCUT2D eigenvalue weighted by molar-refractivity contribution is -0.122. The Bertz CT molecular complexity index is 1920. The van der Waals surface area contributed by atoms with Gasteiger partial charge in [-0.1, -0.05) is 43.5 Å². The van der Waals surface area contributed by atoms with E-state index in [1.807, 2.05) is 10.8 Å². The van der Waals surface area contributed by atoms with Crippen molar-refractivity contribution in [3.8, 4) is 11.8 Å². The monoisotopic (exact) mass is 730 g/mol. The van der Waals surface area contributed by atoms with Crippen LogP contribution in [0.4, 0.5) is 10.5 Å². The minimum atomic E-state index is -4.38. The van der Waals surface area contributed by atoms with Crippen LogP contribution in [0.5, 0.6) is 5.75 Å². The Balaban J connectivity index is 1.71. The van der Waals surface area contributed by atoms with Crippen LogP contribution in [-0.2, 0) is 24.3 Å². The van der Waals surface area contributed by atoms with Crippen LogP contribution in [0.3, 0.4) is 0 Å². The number of nitrogens with one attached hydrogen (secondary N) is 3. The van der Waals surface area contributed by atoms with Gasteiger partial charge in [0.15, 0.2) is 12.4 Å². The highest BCUT2D eigenvalue weighted by atomic mass is 35.5. The van der Waals surface area contributed by atoms with Crippen LogP contribution in [0.15, 0.2) is 59.5 Å². The van der Waals surface area contributed by atoms with Crippen molar-refractivity contribution >= 4 is 62.6 Å². The van der Waals surface area contributed by atoms with Crippen molar-refractivity contribution < 1.29 is 37.1 Å². The van der Waals surface area contributed by atoms with E-state index < -0.39 is 57.9 Å². The maximum absolute atomic E-state index is 13.3. The zero-order valence-electron chi connectivity index (χ0n) is 27.6. The second kappa shape index (κ2) is 16.2. The number of ether oxygens (including phenoxy) is 2. The summed E-state index contributed by atoms with van der Waals surface area (Å²) in [6.07, 6.45) is -0.397. The summed E-state index contributed by atoms with van der Waals surface area (Å²) in [5.41, 5.74) is 0.131. The molecule has 3 rings (SSSR count). The number of rotatable bonds is 12. The summed E-state index contributed by atoms with van der Waals surface area (Å²) in [5.74, 6) is -2.46. The van der Waals surface area contributed by atoms with E-state index in [2.05, 4.69) is 10.6 Å². The highest BCUT2D eigenvalue weighted by Crippen LogP contribution is 2.28. The molecule has 3 aromatic rings. The van der Waals surface area contributed by atoms with Gasteiger partial charge in [0, 0.05) is 21.3 Å². The topological polar surface area (TPSA) is 181 Å². The summed E-state index contributed by atoms with van der Waals surface area (Å²) in [6.45, 7) is 9.48. The Kier molecular flexibility index (Phi) is 12.8. The van der Waals surface area contributed by atoms with Crippen molar-refractivity contribution in [1.29, 1.82) is 5.26 Å². The molecule has 0 heterocycles. The molecule has 0 aliphatic rings. The number of alkyl carbamates (subject to hydrolysis) is 1. The zero-order chi connectivity index (χ0) is 36.7. The third kappa shape index (κ3) is 10.9. The molecule has 0 aromatic heterocycles. The molecule has 3 aromatic carbocycles. The number of amides is 3. The fraction of sp³-hybridized carbons (Fsp3) is 0.324. The van der Waals surface area contributed by atoms with Crippen LogP contribution in [0.25, 0.3) is 0 Å². The van der Waals surface area contributed by atoms with Crippen molar-refractivity contribution in [2.75, 3.05) is 11.9 Å². The Hall–Kier alpha value is -4.64. The maximum atomic E-state index is 13.3. The molecule has 0 radical (unpaired) electrons.